The molecule has 0 aliphatic heterocycles. The number of ether oxygens (including phenoxy) is 3. The van der Waals surface area contributed by atoms with Crippen molar-refractivity contribution in [2.75, 3.05) is 26.8 Å². The molecule has 0 radical (unpaired) electrons. The molecule has 0 spiro atoms. The highest BCUT2D eigenvalue weighted by Crippen LogP contribution is 2.27. The number of methoxy groups -OCH3 is 2. The Hall–Kier alpha value is -1.62. The number of nitrogens with one attached hydrogen (secondary N) is 1. The maximum atomic E-state index is 11.0. The summed E-state index contributed by atoms with van der Waals surface area (Å²) in [4.78, 5) is 11.0. The van der Waals surface area contributed by atoms with Crippen molar-refractivity contribution in [3.05, 3.63) is 23.8 Å². The fourth-order valence-corrected chi connectivity index (χ4v) is 1.54. The van der Waals surface area contributed by atoms with E-state index in [0.717, 1.165) is 5.56 Å². The van der Waals surface area contributed by atoms with E-state index in [1.807, 2.05) is 18.2 Å². The van der Waals surface area contributed by atoms with E-state index in [4.69, 9.17) is 21.1 Å². The van der Waals surface area contributed by atoms with Crippen LogP contribution in [0.4, 0.5) is 4.79 Å². The lowest BCUT2D eigenvalue weighted by atomic mass is 10.1. The third-order valence-electron chi connectivity index (χ3n) is 2.32. The second-order valence-electron chi connectivity index (χ2n) is 3.41. The van der Waals surface area contributed by atoms with Crippen LogP contribution in [0.15, 0.2) is 18.2 Å². The first-order valence-electron chi connectivity index (χ1n) is 5.38. The quantitative estimate of drug-likeness (QED) is 0.807. The van der Waals surface area contributed by atoms with Crippen LogP contribution < -0.4 is 14.8 Å². The summed E-state index contributed by atoms with van der Waals surface area (Å²) >= 11 is 5.25. The van der Waals surface area contributed by atoms with Crippen molar-refractivity contribution >= 4 is 17.7 Å². The first-order chi connectivity index (χ1) is 8.71. The molecule has 5 nitrogen and oxygen atoms in total. The summed E-state index contributed by atoms with van der Waals surface area (Å²) in [5.74, 6) is 1.34. The van der Waals surface area contributed by atoms with Crippen LogP contribution in [0, 0.1) is 0 Å². The van der Waals surface area contributed by atoms with Crippen LogP contribution in [0.5, 0.6) is 11.5 Å². The molecule has 1 aromatic rings. The summed E-state index contributed by atoms with van der Waals surface area (Å²) in [5, 5.41) is 2.58. The zero-order chi connectivity index (χ0) is 13.4. The van der Waals surface area contributed by atoms with Crippen LogP contribution in [-0.2, 0) is 11.2 Å². The fraction of sp³-hybridized carbons (Fsp3) is 0.417. The van der Waals surface area contributed by atoms with Crippen molar-refractivity contribution in [1.82, 2.24) is 5.32 Å². The van der Waals surface area contributed by atoms with Gasteiger partial charge in [0.15, 0.2) is 17.6 Å². The van der Waals surface area contributed by atoms with Gasteiger partial charge in [0.05, 0.1) is 14.2 Å². The zero-order valence-electron chi connectivity index (χ0n) is 10.4. The third kappa shape index (κ3) is 4.33. The van der Waals surface area contributed by atoms with E-state index in [1.165, 1.54) is 0 Å². The molecule has 100 valence electrons. The maximum Gasteiger partial charge on any atom is 0.408 e. The minimum atomic E-state index is -0.523. The number of hydrogen-bond donors (Lipinski definition) is 1. The second kappa shape index (κ2) is 7.66. The summed E-state index contributed by atoms with van der Waals surface area (Å²) in [6, 6.07) is 5.46. The number of carbonyl (C=O) groups is 1. The molecule has 0 heterocycles. The first kappa shape index (κ1) is 14.4. The molecule has 0 fully saturated rings. The van der Waals surface area contributed by atoms with Gasteiger partial charge in [-0.15, -0.1) is 0 Å². The Labute approximate surface area is 111 Å². The summed E-state index contributed by atoms with van der Waals surface area (Å²) in [6.45, 7) is 0.463. The monoisotopic (exact) mass is 273 g/mol. The lowest BCUT2D eigenvalue weighted by Crippen LogP contribution is -2.26. The third-order valence-corrected chi connectivity index (χ3v) is 2.43. The molecular weight excluding hydrogens is 258 g/mol. The van der Waals surface area contributed by atoms with E-state index in [0.29, 0.717) is 24.5 Å². The van der Waals surface area contributed by atoms with Gasteiger partial charge in [-0.1, -0.05) is 17.7 Å². The van der Waals surface area contributed by atoms with E-state index >= 15 is 0 Å². The Morgan fingerprint density at radius 3 is 2.61 bits per heavy atom. The van der Waals surface area contributed by atoms with Crippen molar-refractivity contribution in [3.63, 3.8) is 0 Å². The summed E-state index contributed by atoms with van der Waals surface area (Å²) in [5.41, 5.74) is 1.03. The minimum Gasteiger partial charge on any atom is -0.493 e. The van der Waals surface area contributed by atoms with Gasteiger partial charge in [-0.2, -0.15) is 0 Å². The van der Waals surface area contributed by atoms with Gasteiger partial charge in [-0.3, -0.25) is 0 Å². The van der Waals surface area contributed by atoms with E-state index in [-0.39, 0.29) is 6.07 Å². The molecule has 1 N–H and O–H groups in total. The SMILES string of the molecule is COc1ccc(CCNC(=O)OCCl)cc1OC. The Morgan fingerprint density at radius 2 is 2.00 bits per heavy atom. The van der Waals surface area contributed by atoms with Crippen LogP contribution in [0.3, 0.4) is 0 Å². The van der Waals surface area contributed by atoms with Gasteiger partial charge < -0.3 is 19.5 Å². The molecule has 0 atom stereocenters. The van der Waals surface area contributed by atoms with Gasteiger partial charge in [-0.05, 0) is 24.1 Å². The minimum absolute atomic E-state index is 0.151. The van der Waals surface area contributed by atoms with Crippen molar-refractivity contribution in [2.24, 2.45) is 0 Å². The predicted molar refractivity (Wildman–Crippen MR) is 68.5 cm³/mol. The van der Waals surface area contributed by atoms with Crippen molar-refractivity contribution in [1.29, 1.82) is 0 Å². The Morgan fingerprint density at radius 1 is 1.28 bits per heavy atom. The number of hydrogen-bond acceptors (Lipinski definition) is 4. The Bertz CT molecular complexity index is 398. The number of alkyl halides is 1. The number of carbonyl (C=O) groups excluding carboxylic acids is 1. The highest BCUT2D eigenvalue weighted by Gasteiger charge is 2.05. The Kier molecular flexibility index (Phi) is 6.14. The average molecular weight is 274 g/mol. The number of benzene rings is 1. The van der Waals surface area contributed by atoms with Gasteiger partial charge in [0.25, 0.3) is 0 Å². The van der Waals surface area contributed by atoms with Crippen LogP contribution in [-0.4, -0.2) is 32.9 Å². The molecule has 1 rings (SSSR count). The molecule has 0 saturated heterocycles. The standard InChI is InChI=1S/C12H16ClNO4/c1-16-10-4-3-9(7-11(10)17-2)5-6-14-12(15)18-8-13/h3-4,7H,5-6,8H2,1-2H3,(H,14,15). The maximum absolute atomic E-state index is 11.0. The molecular formula is C12H16ClNO4. The number of halogens is 1. The van der Waals surface area contributed by atoms with Gasteiger partial charge in [0.1, 0.15) is 0 Å². The topological polar surface area (TPSA) is 56.8 Å². The van der Waals surface area contributed by atoms with Crippen LogP contribution in [0.2, 0.25) is 0 Å². The predicted octanol–water partition coefficient (Wildman–Crippen LogP) is 2.17. The van der Waals surface area contributed by atoms with E-state index in [1.54, 1.807) is 14.2 Å². The number of amides is 1. The van der Waals surface area contributed by atoms with Gasteiger partial charge in [0.2, 0.25) is 0 Å². The highest BCUT2D eigenvalue weighted by atomic mass is 35.5. The summed E-state index contributed by atoms with van der Waals surface area (Å²) in [6.07, 6.45) is 0.142. The smallest absolute Gasteiger partial charge is 0.408 e. The molecule has 18 heavy (non-hydrogen) atoms. The number of rotatable bonds is 6. The molecule has 1 aromatic carbocycles. The molecule has 1 amide bonds. The summed E-state index contributed by atoms with van der Waals surface area (Å²) < 4.78 is 14.9. The van der Waals surface area contributed by atoms with E-state index < -0.39 is 6.09 Å². The lowest BCUT2D eigenvalue weighted by Gasteiger charge is -2.09. The first-order valence-corrected chi connectivity index (χ1v) is 5.92. The second-order valence-corrected chi connectivity index (χ2v) is 3.63. The molecule has 0 unspecified atom stereocenters. The molecule has 0 aromatic heterocycles. The van der Waals surface area contributed by atoms with Crippen molar-refractivity contribution in [2.45, 2.75) is 6.42 Å². The van der Waals surface area contributed by atoms with Crippen LogP contribution >= 0.6 is 11.6 Å². The van der Waals surface area contributed by atoms with Gasteiger partial charge in [-0.25, -0.2) is 4.79 Å². The van der Waals surface area contributed by atoms with E-state index in [9.17, 15) is 4.79 Å². The molecule has 6 heteroatoms. The molecule has 0 bridgehead atoms. The van der Waals surface area contributed by atoms with Crippen molar-refractivity contribution in [3.8, 4) is 11.5 Å². The Balaban J connectivity index is 2.50. The average Bonchev–Trinajstić information content (AvgIpc) is 2.38. The van der Waals surface area contributed by atoms with Crippen molar-refractivity contribution < 1.29 is 19.0 Å². The number of alkyl carbamates (subject to hydrolysis) is 1. The zero-order valence-corrected chi connectivity index (χ0v) is 11.1. The largest absolute Gasteiger partial charge is 0.493 e. The molecule has 0 aliphatic rings. The van der Waals surface area contributed by atoms with Gasteiger partial charge in [0, 0.05) is 6.54 Å². The van der Waals surface area contributed by atoms with Crippen LogP contribution in [0.25, 0.3) is 0 Å². The molecule has 0 aliphatic carbocycles. The van der Waals surface area contributed by atoms with E-state index in [2.05, 4.69) is 10.1 Å². The summed E-state index contributed by atoms with van der Waals surface area (Å²) in [7, 11) is 3.17. The molecule has 0 saturated carbocycles. The normalized spacial score (nSPS) is 9.72. The highest BCUT2D eigenvalue weighted by molar-refractivity contribution is 6.17. The van der Waals surface area contributed by atoms with Crippen LogP contribution in [0.1, 0.15) is 5.56 Å². The fourth-order valence-electron chi connectivity index (χ4n) is 1.45. The van der Waals surface area contributed by atoms with Gasteiger partial charge >= 0.3 is 6.09 Å². The lowest BCUT2D eigenvalue weighted by molar-refractivity contribution is 0.164.